The summed E-state index contributed by atoms with van der Waals surface area (Å²) >= 11 is 0. The van der Waals surface area contributed by atoms with E-state index in [1.54, 1.807) is 0 Å². The number of hydrogen-bond acceptors (Lipinski definition) is 5. The second-order valence-electron chi connectivity index (χ2n) is 6.72. The molecule has 6 nitrogen and oxygen atoms in total. The molecule has 0 bridgehead atoms. The Hall–Kier alpha value is -1.40. The standard InChI is InChI=1S/C17H27N3O3/c1-12-10-19(11-13(2)23-12)8-9-22-17(21)16-15-6-4-5-7-20(15)14(3)18-16/h12-13H,4-11H2,1-3H3. The number of carbonyl (C=O) groups excluding carboxylic acids is 1. The lowest BCUT2D eigenvalue weighted by atomic mass is 10.1. The first-order valence-corrected chi connectivity index (χ1v) is 8.65. The van der Waals surface area contributed by atoms with Crippen LogP contribution in [0.2, 0.25) is 0 Å². The minimum atomic E-state index is -0.280. The van der Waals surface area contributed by atoms with Crippen LogP contribution in [-0.2, 0) is 22.4 Å². The van der Waals surface area contributed by atoms with E-state index in [1.165, 1.54) is 0 Å². The van der Waals surface area contributed by atoms with Gasteiger partial charge in [0.15, 0.2) is 5.69 Å². The van der Waals surface area contributed by atoms with Crippen molar-refractivity contribution in [3.8, 4) is 0 Å². The average Bonchev–Trinajstić information content (AvgIpc) is 2.84. The predicted octanol–water partition coefficient (Wildman–Crippen LogP) is 1.79. The van der Waals surface area contributed by atoms with Crippen molar-refractivity contribution >= 4 is 5.97 Å². The number of aryl methyl sites for hydroxylation is 1. The van der Waals surface area contributed by atoms with Crippen molar-refractivity contribution in [2.45, 2.75) is 58.8 Å². The maximum absolute atomic E-state index is 12.4. The molecule has 2 atom stereocenters. The molecule has 3 rings (SSSR count). The Morgan fingerprint density at radius 1 is 1.30 bits per heavy atom. The first-order valence-electron chi connectivity index (χ1n) is 8.65. The van der Waals surface area contributed by atoms with Crippen LogP contribution in [0.1, 0.15) is 48.7 Å². The SMILES string of the molecule is Cc1nc(C(=O)OCCN2CC(C)OC(C)C2)c2n1CCCC2. The zero-order valence-corrected chi connectivity index (χ0v) is 14.4. The third-order valence-electron chi connectivity index (χ3n) is 4.64. The van der Waals surface area contributed by atoms with Gasteiger partial charge in [-0.2, -0.15) is 0 Å². The monoisotopic (exact) mass is 321 g/mol. The van der Waals surface area contributed by atoms with Crippen LogP contribution in [-0.4, -0.2) is 58.9 Å². The van der Waals surface area contributed by atoms with Crippen molar-refractivity contribution < 1.29 is 14.3 Å². The van der Waals surface area contributed by atoms with Gasteiger partial charge in [0.1, 0.15) is 12.4 Å². The van der Waals surface area contributed by atoms with E-state index in [2.05, 4.69) is 28.3 Å². The fraction of sp³-hybridized carbons (Fsp3) is 0.765. The van der Waals surface area contributed by atoms with E-state index in [1.807, 2.05) is 6.92 Å². The van der Waals surface area contributed by atoms with Gasteiger partial charge in [0, 0.05) is 26.2 Å². The van der Waals surface area contributed by atoms with Gasteiger partial charge in [0.2, 0.25) is 0 Å². The minimum absolute atomic E-state index is 0.234. The molecule has 2 aliphatic rings. The third kappa shape index (κ3) is 3.75. The molecule has 3 heterocycles. The lowest BCUT2D eigenvalue weighted by molar-refractivity contribution is -0.0712. The molecule has 0 N–H and O–H groups in total. The van der Waals surface area contributed by atoms with E-state index in [4.69, 9.17) is 9.47 Å². The summed E-state index contributed by atoms with van der Waals surface area (Å²) in [5.41, 5.74) is 1.57. The molecular weight excluding hydrogens is 294 g/mol. The Kier molecular flexibility index (Phi) is 5.02. The molecule has 1 aromatic rings. The number of hydrogen-bond donors (Lipinski definition) is 0. The van der Waals surface area contributed by atoms with Gasteiger partial charge in [0.05, 0.1) is 17.9 Å². The Labute approximate surface area is 137 Å². The normalized spacial score (nSPS) is 25.2. The second-order valence-corrected chi connectivity index (χ2v) is 6.72. The minimum Gasteiger partial charge on any atom is -0.460 e. The van der Waals surface area contributed by atoms with Crippen LogP contribution < -0.4 is 0 Å². The molecule has 0 radical (unpaired) electrons. The molecule has 0 spiro atoms. The van der Waals surface area contributed by atoms with E-state index in [-0.39, 0.29) is 18.2 Å². The lowest BCUT2D eigenvalue weighted by Gasteiger charge is -2.35. The molecule has 128 valence electrons. The van der Waals surface area contributed by atoms with E-state index in [0.717, 1.165) is 57.0 Å². The van der Waals surface area contributed by atoms with Crippen LogP contribution in [0, 0.1) is 6.92 Å². The van der Waals surface area contributed by atoms with Crippen LogP contribution in [0.4, 0.5) is 0 Å². The Balaban J connectivity index is 1.54. The first-order chi connectivity index (χ1) is 11.0. The molecule has 2 aliphatic heterocycles. The number of aromatic nitrogens is 2. The molecule has 0 aromatic carbocycles. The fourth-order valence-corrected chi connectivity index (χ4v) is 3.69. The molecule has 0 amide bonds. The Morgan fingerprint density at radius 3 is 2.78 bits per heavy atom. The average molecular weight is 321 g/mol. The van der Waals surface area contributed by atoms with Crippen molar-refractivity contribution in [2.75, 3.05) is 26.2 Å². The van der Waals surface area contributed by atoms with Crippen LogP contribution in [0.25, 0.3) is 0 Å². The number of nitrogens with zero attached hydrogens (tertiary/aromatic N) is 3. The highest BCUT2D eigenvalue weighted by Gasteiger charge is 2.25. The summed E-state index contributed by atoms with van der Waals surface area (Å²) in [5.74, 6) is 0.639. The summed E-state index contributed by atoms with van der Waals surface area (Å²) in [6.07, 6.45) is 3.67. The van der Waals surface area contributed by atoms with Gasteiger partial charge in [-0.15, -0.1) is 0 Å². The van der Waals surface area contributed by atoms with Gasteiger partial charge in [-0.05, 0) is 40.0 Å². The van der Waals surface area contributed by atoms with Crippen LogP contribution in [0.3, 0.4) is 0 Å². The van der Waals surface area contributed by atoms with Crippen molar-refractivity contribution in [3.63, 3.8) is 0 Å². The van der Waals surface area contributed by atoms with Crippen LogP contribution >= 0.6 is 0 Å². The Bertz CT molecular complexity index is 560. The summed E-state index contributed by atoms with van der Waals surface area (Å²) < 4.78 is 13.4. The molecule has 23 heavy (non-hydrogen) atoms. The third-order valence-corrected chi connectivity index (χ3v) is 4.64. The van der Waals surface area contributed by atoms with E-state index in [0.29, 0.717) is 12.3 Å². The number of fused-ring (bicyclic) bond motifs is 1. The topological polar surface area (TPSA) is 56.6 Å². The first kappa shape index (κ1) is 16.5. The molecular formula is C17H27N3O3. The van der Waals surface area contributed by atoms with E-state index >= 15 is 0 Å². The fourth-order valence-electron chi connectivity index (χ4n) is 3.69. The quantitative estimate of drug-likeness (QED) is 0.792. The van der Waals surface area contributed by atoms with Crippen molar-refractivity contribution in [1.29, 1.82) is 0 Å². The number of morpholine rings is 1. The van der Waals surface area contributed by atoms with Crippen LogP contribution in [0.15, 0.2) is 0 Å². The molecule has 6 heteroatoms. The number of ether oxygens (including phenoxy) is 2. The van der Waals surface area contributed by atoms with E-state index < -0.39 is 0 Å². The summed E-state index contributed by atoms with van der Waals surface area (Å²) in [4.78, 5) is 19.1. The number of rotatable bonds is 4. The lowest BCUT2D eigenvalue weighted by Crippen LogP contribution is -2.46. The second kappa shape index (κ2) is 7.01. The molecule has 1 fully saturated rings. The summed E-state index contributed by atoms with van der Waals surface area (Å²) in [7, 11) is 0. The van der Waals surface area contributed by atoms with Crippen LogP contribution in [0.5, 0.6) is 0 Å². The molecule has 2 unspecified atom stereocenters. The summed E-state index contributed by atoms with van der Waals surface area (Å²) in [5, 5.41) is 0. The van der Waals surface area contributed by atoms with Crippen molar-refractivity contribution in [3.05, 3.63) is 17.2 Å². The van der Waals surface area contributed by atoms with Gasteiger partial charge in [-0.25, -0.2) is 9.78 Å². The molecule has 1 aromatic heterocycles. The summed E-state index contributed by atoms with van der Waals surface area (Å²) in [6.45, 7) is 10.0. The maximum Gasteiger partial charge on any atom is 0.358 e. The van der Waals surface area contributed by atoms with Gasteiger partial charge in [-0.3, -0.25) is 4.90 Å². The number of esters is 1. The highest BCUT2D eigenvalue weighted by Crippen LogP contribution is 2.21. The predicted molar refractivity (Wildman–Crippen MR) is 86.6 cm³/mol. The molecule has 0 saturated carbocycles. The Morgan fingerprint density at radius 2 is 2.04 bits per heavy atom. The molecule has 1 saturated heterocycles. The summed E-state index contributed by atoms with van der Waals surface area (Å²) in [6, 6.07) is 0. The van der Waals surface area contributed by atoms with Gasteiger partial charge >= 0.3 is 5.97 Å². The van der Waals surface area contributed by atoms with Gasteiger partial charge in [0.25, 0.3) is 0 Å². The zero-order chi connectivity index (χ0) is 16.4. The zero-order valence-electron chi connectivity index (χ0n) is 14.4. The smallest absolute Gasteiger partial charge is 0.358 e. The largest absolute Gasteiger partial charge is 0.460 e. The van der Waals surface area contributed by atoms with Crippen molar-refractivity contribution in [1.82, 2.24) is 14.5 Å². The van der Waals surface area contributed by atoms with Gasteiger partial charge in [-0.1, -0.05) is 0 Å². The highest BCUT2D eigenvalue weighted by molar-refractivity contribution is 5.88. The maximum atomic E-state index is 12.4. The van der Waals surface area contributed by atoms with Gasteiger partial charge < -0.3 is 14.0 Å². The number of carbonyl (C=O) groups is 1. The van der Waals surface area contributed by atoms with E-state index in [9.17, 15) is 4.79 Å². The molecule has 0 aliphatic carbocycles. The number of imidazole rings is 1. The highest BCUT2D eigenvalue weighted by atomic mass is 16.5. The van der Waals surface area contributed by atoms with Crippen molar-refractivity contribution in [2.24, 2.45) is 0 Å².